The van der Waals surface area contributed by atoms with Gasteiger partial charge in [-0.1, -0.05) is 0 Å². The van der Waals surface area contributed by atoms with Gasteiger partial charge in [0.05, 0.1) is 25.6 Å². The standard InChI is InChI=1S/C17H28N4O4S.ClH/c1-24-15(22)7-12-25-21-13-26(17(23)20-10-3-2-4-11-20)16(19-21)14-5-8-18-9-6-14;/h13-14,18H,2-12H2,1H3;1H. The number of likely N-dealkylation sites (tertiary alicyclic amines) is 1. The molecule has 1 amide bonds. The zero-order valence-corrected chi connectivity index (χ0v) is 17.4. The number of nitrogens with one attached hydrogen (secondary N) is 1. The lowest BCUT2D eigenvalue weighted by atomic mass is 10.00. The first-order valence-corrected chi connectivity index (χ1v) is 10.6. The molecule has 2 saturated heterocycles. The van der Waals surface area contributed by atoms with Crippen molar-refractivity contribution in [2.24, 2.45) is 11.0 Å². The quantitative estimate of drug-likeness (QED) is 0.542. The van der Waals surface area contributed by atoms with Crippen LogP contribution in [-0.4, -0.2) is 71.7 Å². The molecule has 3 aliphatic rings. The van der Waals surface area contributed by atoms with Crippen LogP contribution in [-0.2, 0) is 14.4 Å². The van der Waals surface area contributed by atoms with Crippen LogP contribution >= 0.6 is 22.9 Å². The summed E-state index contributed by atoms with van der Waals surface area (Å²) < 4.78 is 4.62. The molecule has 8 nitrogen and oxygen atoms in total. The molecular formula is C17H29ClN4O4S. The largest absolute Gasteiger partial charge is 0.469 e. The lowest BCUT2D eigenvalue weighted by molar-refractivity contribution is -0.146. The van der Waals surface area contributed by atoms with Gasteiger partial charge in [-0.25, -0.2) is 0 Å². The van der Waals surface area contributed by atoms with Gasteiger partial charge in [-0.05, 0) is 55.7 Å². The van der Waals surface area contributed by atoms with Crippen molar-refractivity contribution in [3.63, 3.8) is 0 Å². The molecule has 3 rings (SSSR count). The predicted molar refractivity (Wildman–Crippen MR) is 109 cm³/mol. The third kappa shape index (κ3) is 5.91. The summed E-state index contributed by atoms with van der Waals surface area (Å²) in [5, 5.41) is 10.4. The Bertz CT molecular complexity index is 589. The number of rotatable bonds is 5. The summed E-state index contributed by atoms with van der Waals surface area (Å²) in [6, 6.07) is 0. The Morgan fingerprint density at radius 3 is 2.63 bits per heavy atom. The van der Waals surface area contributed by atoms with Crippen molar-refractivity contribution in [3.05, 3.63) is 0 Å². The normalized spacial score (nSPS) is 23.3. The number of halogens is 1. The SMILES string of the molecule is COC(=O)CCON1C=S(C(=O)N2CCCCC2)C(C2CCNCC2)=N1.Cl. The first-order chi connectivity index (χ1) is 12.7. The lowest BCUT2D eigenvalue weighted by Gasteiger charge is -2.29. The molecule has 154 valence electrons. The molecule has 1 unspecified atom stereocenters. The van der Waals surface area contributed by atoms with Gasteiger partial charge in [-0.15, -0.1) is 22.7 Å². The summed E-state index contributed by atoms with van der Waals surface area (Å²) >= 11 is 0. The molecule has 3 aliphatic heterocycles. The van der Waals surface area contributed by atoms with E-state index in [1.165, 1.54) is 18.7 Å². The fraction of sp³-hybridized carbons (Fsp3) is 0.765. The lowest BCUT2D eigenvalue weighted by Crippen LogP contribution is -2.36. The number of esters is 1. The van der Waals surface area contributed by atoms with Crippen molar-refractivity contribution in [2.75, 3.05) is 39.9 Å². The first-order valence-electron chi connectivity index (χ1n) is 9.34. The summed E-state index contributed by atoms with van der Waals surface area (Å²) in [5.74, 6) is -0.0195. The van der Waals surface area contributed by atoms with Crippen LogP contribution in [0.25, 0.3) is 0 Å². The average molecular weight is 421 g/mol. The number of hydroxylamine groups is 1. The maximum Gasteiger partial charge on any atom is 0.307 e. The minimum absolute atomic E-state index is 0. The van der Waals surface area contributed by atoms with Gasteiger partial charge in [0.15, 0.2) is 0 Å². The Labute approximate surface area is 168 Å². The minimum Gasteiger partial charge on any atom is -0.469 e. The highest BCUT2D eigenvalue weighted by Crippen LogP contribution is 2.34. The second kappa shape index (κ2) is 11.0. The zero-order chi connectivity index (χ0) is 18.4. The highest BCUT2D eigenvalue weighted by Gasteiger charge is 2.33. The van der Waals surface area contributed by atoms with E-state index in [2.05, 4.69) is 15.2 Å². The molecule has 0 radical (unpaired) electrons. The summed E-state index contributed by atoms with van der Waals surface area (Å²) in [4.78, 5) is 31.9. The number of carbonyl (C=O) groups excluding carboxylic acids is 2. The molecule has 0 aliphatic carbocycles. The molecule has 1 N–H and O–H groups in total. The monoisotopic (exact) mass is 420 g/mol. The summed E-state index contributed by atoms with van der Waals surface area (Å²) in [7, 11) is 0.672. The van der Waals surface area contributed by atoms with Gasteiger partial charge in [0.1, 0.15) is 5.04 Å². The number of amides is 1. The average Bonchev–Trinajstić information content (AvgIpc) is 3.12. The van der Waals surface area contributed by atoms with Crippen LogP contribution < -0.4 is 5.32 Å². The van der Waals surface area contributed by atoms with E-state index in [1.807, 2.05) is 4.90 Å². The van der Waals surface area contributed by atoms with E-state index in [0.29, 0.717) is 5.92 Å². The van der Waals surface area contributed by atoms with E-state index >= 15 is 0 Å². The third-order valence-corrected chi connectivity index (χ3v) is 6.76. The molecule has 3 heterocycles. The van der Waals surface area contributed by atoms with Gasteiger partial charge in [-0.2, -0.15) is 0 Å². The van der Waals surface area contributed by atoms with Gasteiger partial charge in [0.25, 0.3) is 5.24 Å². The molecule has 0 aromatic carbocycles. The second-order valence-electron chi connectivity index (χ2n) is 6.68. The van der Waals surface area contributed by atoms with Gasteiger partial charge in [0.2, 0.25) is 0 Å². The van der Waals surface area contributed by atoms with E-state index in [-0.39, 0.29) is 36.6 Å². The van der Waals surface area contributed by atoms with Crippen molar-refractivity contribution in [3.8, 4) is 0 Å². The van der Waals surface area contributed by atoms with E-state index in [4.69, 9.17) is 4.84 Å². The maximum atomic E-state index is 13.1. The van der Waals surface area contributed by atoms with Crippen LogP contribution in [0.5, 0.6) is 0 Å². The molecule has 0 saturated carbocycles. The summed E-state index contributed by atoms with van der Waals surface area (Å²) in [5.41, 5.74) is 1.78. The van der Waals surface area contributed by atoms with Crippen molar-refractivity contribution in [1.29, 1.82) is 0 Å². The van der Waals surface area contributed by atoms with Crippen LogP contribution in [0.15, 0.2) is 5.10 Å². The topological polar surface area (TPSA) is 83.5 Å². The number of hydrogen-bond acceptors (Lipinski definition) is 7. The molecule has 10 heteroatoms. The molecule has 0 bridgehead atoms. The fourth-order valence-electron chi connectivity index (χ4n) is 3.37. The molecule has 2 fully saturated rings. The number of piperidine rings is 2. The van der Waals surface area contributed by atoms with Crippen LogP contribution in [0.1, 0.15) is 38.5 Å². The van der Waals surface area contributed by atoms with Crippen LogP contribution in [0.4, 0.5) is 4.79 Å². The molecule has 27 heavy (non-hydrogen) atoms. The molecule has 1 atom stereocenters. The number of methoxy groups -OCH3 is 1. The highest BCUT2D eigenvalue weighted by molar-refractivity contribution is 8.39. The van der Waals surface area contributed by atoms with Crippen LogP contribution in [0.3, 0.4) is 0 Å². The van der Waals surface area contributed by atoms with Crippen LogP contribution in [0, 0.1) is 5.92 Å². The predicted octanol–water partition coefficient (Wildman–Crippen LogP) is 2.17. The highest BCUT2D eigenvalue weighted by atomic mass is 35.5. The zero-order valence-electron chi connectivity index (χ0n) is 15.7. The van der Waals surface area contributed by atoms with Gasteiger partial charge < -0.3 is 15.0 Å². The van der Waals surface area contributed by atoms with Crippen molar-refractivity contribution < 1.29 is 19.2 Å². The number of nitrogens with zero attached hydrogens (tertiary/aromatic N) is 3. The Morgan fingerprint density at radius 1 is 1.26 bits per heavy atom. The summed E-state index contributed by atoms with van der Waals surface area (Å²) in [6.45, 7) is 3.74. The van der Waals surface area contributed by atoms with Gasteiger partial charge in [0, 0.05) is 19.0 Å². The Kier molecular flexibility index (Phi) is 9.01. The minimum atomic E-state index is -0.682. The van der Waals surface area contributed by atoms with E-state index in [1.54, 1.807) is 5.49 Å². The number of carbonyl (C=O) groups is 2. The molecule has 0 aromatic rings. The van der Waals surface area contributed by atoms with Gasteiger partial charge >= 0.3 is 5.97 Å². The number of hydrogen-bond donors (Lipinski definition) is 1. The number of hydrazone groups is 1. The van der Waals surface area contributed by atoms with E-state index < -0.39 is 10.5 Å². The molecule has 0 spiro atoms. The third-order valence-electron chi connectivity index (χ3n) is 4.87. The van der Waals surface area contributed by atoms with Crippen molar-refractivity contribution in [1.82, 2.24) is 15.4 Å². The smallest absolute Gasteiger partial charge is 0.307 e. The fourth-order valence-corrected chi connectivity index (χ4v) is 5.26. The van der Waals surface area contributed by atoms with E-state index in [0.717, 1.165) is 56.9 Å². The van der Waals surface area contributed by atoms with Crippen molar-refractivity contribution in [2.45, 2.75) is 38.5 Å². The Hall–Kier alpha value is -1.16. The molecular weight excluding hydrogens is 392 g/mol. The number of ether oxygens (including phenoxy) is 1. The van der Waals surface area contributed by atoms with E-state index in [9.17, 15) is 9.59 Å². The van der Waals surface area contributed by atoms with Crippen LogP contribution in [0.2, 0.25) is 0 Å². The Balaban J connectivity index is 0.00000261. The Morgan fingerprint density at radius 2 is 1.96 bits per heavy atom. The summed E-state index contributed by atoms with van der Waals surface area (Å²) in [6.07, 6.45) is 5.47. The van der Waals surface area contributed by atoms with Gasteiger partial charge in [-0.3, -0.25) is 14.4 Å². The first kappa shape index (κ1) is 22.1. The van der Waals surface area contributed by atoms with Crippen molar-refractivity contribution >= 4 is 44.6 Å². The molecule has 0 aromatic heterocycles. The second-order valence-corrected chi connectivity index (χ2v) is 8.34. The maximum absolute atomic E-state index is 13.1.